The zero-order valence-corrected chi connectivity index (χ0v) is 23.3. The first-order chi connectivity index (χ1) is 17.6. The number of rotatable bonds is 8. The van der Waals surface area contributed by atoms with Crippen LogP contribution in [0.4, 0.5) is 0 Å². The molecule has 3 aromatic rings. The van der Waals surface area contributed by atoms with Gasteiger partial charge in [0.25, 0.3) is 5.91 Å². The first kappa shape index (κ1) is 31.3. The molecule has 5 nitrogen and oxygen atoms in total. The highest BCUT2D eigenvalue weighted by molar-refractivity contribution is 5.93. The van der Waals surface area contributed by atoms with E-state index in [-0.39, 0.29) is 5.91 Å². The third-order valence-electron chi connectivity index (χ3n) is 5.80. The molecule has 0 aliphatic carbocycles. The molecule has 5 heteroatoms. The number of hydrogen-bond acceptors (Lipinski definition) is 3. The molecule has 37 heavy (non-hydrogen) atoms. The number of aromatic nitrogens is 1. The number of primary amides is 1. The van der Waals surface area contributed by atoms with Crippen molar-refractivity contribution in [2.75, 3.05) is 0 Å². The van der Waals surface area contributed by atoms with Crippen LogP contribution >= 0.6 is 0 Å². The highest BCUT2D eigenvalue weighted by Crippen LogP contribution is 2.11. The standard InChI is InChI=1S/C15H16.C9H17NO.C8H10N2O/c1-12-3-7-14(8-4-12)11-15-9-5-13(2)6-10-15;1-4-7-8(5-2)10-9(11)6-3;1-5-3-4-7(8(9)11)6(2)10-5/h3-10H,11H2,1-2H3;6,8H,3-5,7H2,1-2H3,(H,10,11);3-4H,1-2H3,(H2,9,11). The SMILES string of the molecule is C=CC(=O)NC(CC)CCC.Cc1ccc(C(N)=O)c(C)n1.Cc1ccc(Cc2ccc(C)cc2)cc1. The molecule has 3 rings (SSSR count). The van der Waals surface area contributed by atoms with E-state index in [0.717, 1.165) is 31.4 Å². The molecular weight excluding hydrogens is 458 g/mol. The third-order valence-corrected chi connectivity index (χ3v) is 5.80. The Morgan fingerprint density at radius 3 is 1.78 bits per heavy atom. The maximum Gasteiger partial charge on any atom is 0.250 e. The molecule has 0 spiro atoms. The van der Waals surface area contributed by atoms with Gasteiger partial charge in [-0.2, -0.15) is 0 Å². The lowest BCUT2D eigenvalue weighted by Crippen LogP contribution is -2.32. The average molecular weight is 502 g/mol. The summed E-state index contributed by atoms with van der Waals surface area (Å²) in [6.45, 7) is 15.5. The Kier molecular flexibility index (Phi) is 14.3. The molecule has 1 unspecified atom stereocenters. The second kappa shape index (κ2) is 16.9. The summed E-state index contributed by atoms with van der Waals surface area (Å²) < 4.78 is 0. The topological polar surface area (TPSA) is 85.1 Å². The van der Waals surface area contributed by atoms with Gasteiger partial charge in [0.1, 0.15) is 0 Å². The normalized spacial score (nSPS) is 10.6. The number of hydrogen-bond donors (Lipinski definition) is 2. The molecule has 1 atom stereocenters. The molecular formula is C32H43N3O2. The van der Waals surface area contributed by atoms with Gasteiger partial charge in [0, 0.05) is 11.7 Å². The summed E-state index contributed by atoms with van der Waals surface area (Å²) in [4.78, 5) is 25.6. The first-order valence-corrected chi connectivity index (χ1v) is 12.9. The van der Waals surface area contributed by atoms with Gasteiger partial charge < -0.3 is 11.1 Å². The Labute approximate surface area is 223 Å². The van der Waals surface area contributed by atoms with Crippen molar-refractivity contribution in [3.8, 4) is 0 Å². The van der Waals surface area contributed by atoms with Crippen LogP contribution in [0, 0.1) is 27.7 Å². The molecule has 0 saturated heterocycles. The van der Waals surface area contributed by atoms with Crippen molar-refractivity contribution in [2.45, 2.75) is 73.3 Å². The largest absolute Gasteiger partial charge is 0.366 e. The van der Waals surface area contributed by atoms with Crippen molar-refractivity contribution in [2.24, 2.45) is 5.73 Å². The summed E-state index contributed by atoms with van der Waals surface area (Å²) in [5.74, 6) is -0.486. The van der Waals surface area contributed by atoms with Gasteiger partial charge in [0.15, 0.2) is 0 Å². The van der Waals surface area contributed by atoms with Gasteiger partial charge in [-0.3, -0.25) is 14.6 Å². The number of carbonyl (C=O) groups is 2. The molecule has 1 heterocycles. The van der Waals surface area contributed by atoms with Gasteiger partial charge in [-0.1, -0.05) is 86.5 Å². The maximum atomic E-state index is 10.8. The van der Waals surface area contributed by atoms with Crippen molar-refractivity contribution in [3.05, 3.63) is 113 Å². The maximum absolute atomic E-state index is 10.8. The first-order valence-electron chi connectivity index (χ1n) is 12.9. The fraction of sp³-hybridized carbons (Fsp3) is 0.344. The van der Waals surface area contributed by atoms with E-state index >= 15 is 0 Å². The van der Waals surface area contributed by atoms with Crippen LogP contribution in [0.25, 0.3) is 0 Å². The number of aryl methyl sites for hydroxylation is 4. The van der Waals surface area contributed by atoms with Crippen LogP contribution in [0.15, 0.2) is 73.3 Å². The fourth-order valence-electron chi connectivity index (χ4n) is 3.58. The van der Waals surface area contributed by atoms with E-state index in [1.54, 1.807) is 19.1 Å². The summed E-state index contributed by atoms with van der Waals surface area (Å²) in [6, 6.07) is 21.3. The summed E-state index contributed by atoms with van der Waals surface area (Å²) in [7, 11) is 0. The molecule has 198 valence electrons. The predicted octanol–water partition coefficient (Wildman–Crippen LogP) is 6.56. The molecule has 0 aliphatic rings. The summed E-state index contributed by atoms with van der Waals surface area (Å²) in [5.41, 5.74) is 12.6. The number of benzene rings is 2. The third kappa shape index (κ3) is 12.7. The Bertz CT molecular complexity index is 1080. The van der Waals surface area contributed by atoms with Crippen LogP contribution in [0.1, 0.15) is 77.1 Å². The van der Waals surface area contributed by atoms with E-state index in [2.05, 4.69) is 93.1 Å². The van der Waals surface area contributed by atoms with Crippen LogP contribution in [0.3, 0.4) is 0 Å². The summed E-state index contributed by atoms with van der Waals surface area (Å²) in [6.07, 6.45) is 5.50. The van der Waals surface area contributed by atoms with Gasteiger partial charge in [-0.15, -0.1) is 0 Å². The van der Waals surface area contributed by atoms with Crippen molar-refractivity contribution < 1.29 is 9.59 Å². The highest BCUT2D eigenvalue weighted by atomic mass is 16.1. The van der Waals surface area contributed by atoms with Gasteiger partial charge >= 0.3 is 0 Å². The number of nitrogens with two attached hydrogens (primary N) is 1. The molecule has 0 radical (unpaired) electrons. The number of nitrogens with zero attached hydrogens (tertiary/aromatic N) is 1. The minimum Gasteiger partial charge on any atom is -0.366 e. The van der Waals surface area contributed by atoms with Gasteiger partial charge in [0.2, 0.25) is 5.91 Å². The zero-order valence-electron chi connectivity index (χ0n) is 23.3. The quantitative estimate of drug-likeness (QED) is 0.343. The van der Waals surface area contributed by atoms with E-state index in [1.165, 1.54) is 28.3 Å². The molecule has 0 bridgehead atoms. The fourth-order valence-corrected chi connectivity index (χ4v) is 3.58. The molecule has 2 aromatic carbocycles. The lowest BCUT2D eigenvalue weighted by Gasteiger charge is -2.13. The van der Waals surface area contributed by atoms with Crippen LogP contribution in [0.5, 0.6) is 0 Å². The van der Waals surface area contributed by atoms with Crippen molar-refractivity contribution in [1.82, 2.24) is 10.3 Å². The van der Waals surface area contributed by atoms with E-state index in [4.69, 9.17) is 5.73 Å². The molecule has 1 aromatic heterocycles. The Morgan fingerprint density at radius 2 is 1.41 bits per heavy atom. The van der Waals surface area contributed by atoms with Crippen molar-refractivity contribution >= 4 is 11.8 Å². The Hall–Kier alpha value is -3.73. The lowest BCUT2D eigenvalue weighted by atomic mass is 10.0. The minimum absolute atomic E-state index is 0.0645. The number of amides is 2. The minimum atomic E-state index is -0.421. The second-order valence-electron chi connectivity index (χ2n) is 9.20. The van der Waals surface area contributed by atoms with Crippen LogP contribution < -0.4 is 11.1 Å². The molecule has 3 N–H and O–H groups in total. The monoisotopic (exact) mass is 501 g/mol. The second-order valence-corrected chi connectivity index (χ2v) is 9.20. The summed E-state index contributed by atoms with van der Waals surface area (Å²) >= 11 is 0. The Morgan fingerprint density at radius 1 is 0.892 bits per heavy atom. The molecule has 0 fully saturated rings. The molecule has 2 amide bonds. The van der Waals surface area contributed by atoms with Gasteiger partial charge in [-0.25, -0.2) is 0 Å². The Balaban J connectivity index is 0.000000284. The van der Waals surface area contributed by atoms with E-state index in [9.17, 15) is 9.59 Å². The zero-order chi connectivity index (χ0) is 27.8. The molecule has 0 aliphatic heterocycles. The predicted molar refractivity (Wildman–Crippen MR) is 155 cm³/mol. The summed E-state index contributed by atoms with van der Waals surface area (Å²) in [5, 5.41) is 2.86. The average Bonchev–Trinajstić information content (AvgIpc) is 2.87. The number of pyridine rings is 1. The van der Waals surface area contributed by atoms with E-state index in [1.807, 2.05) is 6.92 Å². The smallest absolute Gasteiger partial charge is 0.250 e. The van der Waals surface area contributed by atoms with Crippen LogP contribution in [-0.2, 0) is 11.2 Å². The van der Waals surface area contributed by atoms with Gasteiger partial charge in [-0.05, 0) is 76.3 Å². The molecule has 0 saturated carbocycles. The van der Waals surface area contributed by atoms with Crippen LogP contribution in [0.2, 0.25) is 0 Å². The number of carbonyl (C=O) groups excluding carboxylic acids is 2. The lowest BCUT2D eigenvalue weighted by molar-refractivity contribution is -0.117. The van der Waals surface area contributed by atoms with Crippen molar-refractivity contribution in [1.29, 1.82) is 0 Å². The van der Waals surface area contributed by atoms with Crippen LogP contribution in [-0.4, -0.2) is 22.8 Å². The van der Waals surface area contributed by atoms with Gasteiger partial charge in [0.05, 0.1) is 11.3 Å². The van der Waals surface area contributed by atoms with E-state index in [0.29, 0.717) is 17.3 Å². The van der Waals surface area contributed by atoms with Crippen molar-refractivity contribution in [3.63, 3.8) is 0 Å². The van der Waals surface area contributed by atoms with E-state index < -0.39 is 5.91 Å². The highest BCUT2D eigenvalue weighted by Gasteiger charge is 2.05. The number of nitrogens with one attached hydrogen (secondary N) is 1.